The van der Waals surface area contributed by atoms with Crippen molar-refractivity contribution in [2.45, 2.75) is 19.8 Å². The van der Waals surface area contributed by atoms with Crippen molar-refractivity contribution in [3.63, 3.8) is 0 Å². The van der Waals surface area contributed by atoms with Crippen LogP contribution in [0.1, 0.15) is 18.9 Å². The minimum atomic E-state index is -0.0617. The Hall–Kier alpha value is -1.39. The zero-order chi connectivity index (χ0) is 18.3. The smallest absolute Gasteiger partial charge is 0.221 e. The van der Waals surface area contributed by atoms with Gasteiger partial charge in [-0.1, -0.05) is 12.1 Å². The summed E-state index contributed by atoms with van der Waals surface area (Å²) in [5, 5.41) is 9.30. The van der Waals surface area contributed by atoms with Crippen LogP contribution in [0.4, 0.5) is 5.69 Å². The third-order valence-electron chi connectivity index (χ3n) is 3.39. The topological polar surface area (TPSA) is 84.0 Å². The Morgan fingerprint density at radius 1 is 1.08 bits per heavy atom. The number of nitrogens with zero attached hydrogens (tertiary/aromatic N) is 1. The van der Waals surface area contributed by atoms with E-state index in [2.05, 4.69) is 20.9 Å². The lowest BCUT2D eigenvalue weighted by Crippen LogP contribution is -2.39. The van der Waals surface area contributed by atoms with Gasteiger partial charge >= 0.3 is 0 Å². The number of nitrogens with one attached hydrogen (secondary N) is 3. The van der Waals surface area contributed by atoms with E-state index in [0.717, 1.165) is 37.6 Å². The van der Waals surface area contributed by atoms with Crippen LogP contribution in [-0.2, 0) is 20.7 Å². The van der Waals surface area contributed by atoms with Crippen molar-refractivity contribution in [3.05, 3.63) is 29.8 Å². The first-order valence-electron chi connectivity index (χ1n) is 8.53. The lowest BCUT2D eigenvalue weighted by molar-refractivity contribution is -0.114. The maximum Gasteiger partial charge on any atom is 0.221 e. The number of methoxy groups -OCH3 is 1. The molecule has 3 N–H and O–H groups in total. The third kappa shape index (κ3) is 12.0. The van der Waals surface area contributed by atoms with Crippen molar-refractivity contribution in [1.82, 2.24) is 10.6 Å². The molecule has 0 atom stereocenters. The van der Waals surface area contributed by atoms with E-state index >= 15 is 0 Å². The first-order chi connectivity index (χ1) is 12.2. The van der Waals surface area contributed by atoms with E-state index in [0.29, 0.717) is 19.8 Å². The largest absolute Gasteiger partial charge is 0.382 e. The highest BCUT2D eigenvalue weighted by atomic mass is 127. The van der Waals surface area contributed by atoms with Gasteiger partial charge in [0.05, 0.1) is 13.2 Å². The van der Waals surface area contributed by atoms with Crippen LogP contribution in [0.15, 0.2) is 29.3 Å². The second-order valence-corrected chi connectivity index (χ2v) is 5.51. The minimum absolute atomic E-state index is 0. The highest BCUT2D eigenvalue weighted by Gasteiger charge is 1.99. The van der Waals surface area contributed by atoms with Crippen LogP contribution in [0.25, 0.3) is 0 Å². The first-order valence-corrected chi connectivity index (χ1v) is 8.53. The summed E-state index contributed by atoms with van der Waals surface area (Å²) in [6.45, 7) is 5.05. The molecular formula is C18H31IN4O3. The minimum Gasteiger partial charge on any atom is -0.382 e. The molecule has 0 aliphatic heterocycles. The highest BCUT2D eigenvalue weighted by Crippen LogP contribution is 2.09. The number of carbonyl (C=O) groups is 1. The molecule has 0 unspecified atom stereocenters. The van der Waals surface area contributed by atoms with Crippen molar-refractivity contribution < 1.29 is 14.3 Å². The van der Waals surface area contributed by atoms with Gasteiger partial charge in [0.15, 0.2) is 5.96 Å². The zero-order valence-corrected chi connectivity index (χ0v) is 18.2. The number of halogens is 1. The Balaban J connectivity index is 0.00000625. The van der Waals surface area contributed by atoms with Gasteiger partial charge in [-0.25, -0.2) is 0 Å². The summed E-state index contributed by atoms with van der Waals surface area (Å²) in [5.74, 6) is 0.722. The molecular weight excluding hydrogens is 447 g/mol. The number of amides is 1. The summed E-state index contributed by atoms with van der Waals surface area (Å²) in [7, 11) is 3.42. The maximum absolute atomic E-state index is 11.0. The number of carbonyl (C=O) groups excluding carboxylic acids is 1. The van der Waals surface area contributed by atoms with Crippen LogP contribution >= 0.6 is 24.0 Å². The number of hydrogen-bond donors (Lipinski definition) is 3. The maximum atomic E-state index is 11.0. The summed E-state index contributed by atoms with van der Waals surface area (Å²) in [5.41, 5.74) is 2.01. The van der Waals surface area contributed by atoms with Crippen molar-refractivity contribution in [3.8, 4) is 0 Å². The number of aliphatic imine (C=N–C) groups is 1. The molecule has 0 fully saturated rings. The van der Waals surface area contributed by atoms with Crippen molar-refractivity contribution in [2.75, 3.05) is 52.4 Å². The van der Waals surface area contributed by atoms with Crippen LogP contribution in [-0.4, -0.2) is 58.9 Å². The molecule has 0 saturated heterocycles. The Morgan fingerprint density at radius 2 is 1.77 bits per heavy atom. The first kappa shape index (κ1) is 24.6. The van der Waals surface area contributed by atoms with E-state index in [1.807, 2.05) is 24.3 Å². The Labute approximate surface area is 173 Å². The average molecular weight is 478 g/mol. The van der Waals surface area contributed by atoms with Crippen LogP contribution in [0.5, 0.6) is 0 Å². The summed E-state index contributed by atoms with van der Waals surface area (Å²) in [6, 6.07) is 7.85. The lowest BCUT2D eigenvalue weighted by Gasteiger charge is -2.12. The number of benzene rings is 1. The van der Waals surface area contributed by atoms with Crippen LogP contribution in [0.3, 0.4) is 0 Å². The van der Waals surface area contributed by atoms with E-state index in [1.165, 1.54) is 12.5 Å². The number of ether oxygens (including phenoxy) is 2. The third-order valence-corrected chi connectivity index (χ3v) is 3.39. The Morgan fingerprint density at radius 3 is 2.38 bits per heavy atom. The van der Waals surface area contributed by atoms with Gasteiger partial charge in [0, 0.05) is 46.5 Å². The van der Waals surface area contributed by atoms with Gasteiger partial charge in [-0.3, -0.25) is 9.79 Å². The molecule has 1 aromatic rings. The highest BCUT2D eigenvalue weighted by molar-refractivity contribution is 14.0. The summed E-state index contributed by atoms with van der Waals surface area (Å²) in [6.07, 6.45) is 1.79. The number of guanidine groups is 1. The summed E-state index contributed by atoms with van der Waals surface area (Å²) >= 11 is 0. The molecule has 0 radical (unpaired) electrons. The molecule has 1 aromatic carbocycles. The van der Waals surface area contributed by atoms with E-state index in [1.54, 1.807) is 14.2 Å². The Bertz CT molecular complexity index is 524. The van der Waals surface area contributed by atoms with Crippen molar-refractivity contribution >= 4 is 41.5 Å². The molecule has 0 aromatic heterocycles. The molecule has 0 bridgehead atoms. The molecule has 8 heteroatoms. The predicted octanol–water partition coefficient (Wildman–Crippen LogP) is 2.02. The normalized spacial score (nSPS) is 10.8. The van der Waals surface area contributed by atoms with E-state index in [-0.39, 0.29) is 29.9 Å². The fraction of sp³-hybridized carbons (Fsp3) is 0.556. The second kappa shape index (κ2) is 15.8. The van der Waals surface area contributed by atoms with Gasteiger partial charge in [0.25, 0.3) is 0 Å². The standard InChI is InChI=1S/C18H30N4O3.HI/c1-15(23)22-17-7-5-16(6-8-17)9-11-21-18(19-2)20-10-4-12-25-14-13-24-3;/h5-8H,4,9-14H2,1-3H3,(H,22,23)(H2,19,20,21);1H. The fourth-order valence-corrected chi connectivity index (χ4v) is 2.13. The average Bonchev–Trinajstić information content (AvgIpc) is 2.60. The number of hydrogen-bond acceptors (Lipinski definition) is 4. The van der Waals surface area contributed by atoms with Crippen molar-refractivity contribution in [1.29, 1.82) is 0 Å². The SMILES string of the molecule is CN=C(NCCCOCCOC)NCCc1ccc(NC(C)=O)cc1.I. The van der Waals surface area contributed by atoms with Crippen LogP contribution in [0, 0.1) is 0 Å². The van der Waals surface area contributed by atoms with Gasteiger partial charge in [0.1, 0.15) is 0 Å². The molecule has 1 amide bonds. The number of anilines is 1. The molecule has 0 saturated carbocycles. The molecule has 0 spiro atoms. The molecule has 0 aliphatic carbocycles. The quantitative estimate of drug-likeness (QED) is 0.196. The predicted molar refractivity (Wildman–Crippen MR) is 117 cm³/mol. The van der Waals surface area contributed by atoms with Gasteiger partial charge in [-0.2, -0.15) is 0 Å². The van der Waals surface area contributed by atoms with Gasteiger partial charge in [0.2, 0.25) is 5.91 Å². The van der Waals surface area contributed by atoms with Crippen LogP contribution in [0.2, 0.25) is 0 Å². The lowest BCUT2D eigenvalue weighted by atomic mass is 10.1. The monoisotopic (exact) mass is 478 g/mol. The molecule has 148 valence electrons. The summed E-state index contributed by atoms with van der Waals surface area (Å²) < 4.78 is 10.3. The molecule has 0 heterocycles. The second-order valence-electron chi connectivity index (χ2n) is 5.51. The molecule has 1 rings (SSSR count). The number of rotatable bonds is 11. The summed E-state index contributed by atoms with van der Waals surface area (Å²) in [4.78, 5) is 15.2. The van der Waals surface area contributed by atoms with Gasteiger partial charge < -0.3 is 25.4 Å². The molecule has 26 heavy (non-hydrogen) atoms. The van der Waals surface area contributed by atoms with Gasteiger partial charge in [-0.15, -0.1) is 24.0 Å². The van der Waals surface area contributed by atoms with E-state index in [9.17, 15) is 4.79 Å². The van der Waals surface area contributed by atoms with E-state index < -0.39 is 0 Å². The Kier molecular flexibility index (Phi) is 15.0. The van der Waals surface area contributed by atoms with Crippen molar-refractivity contribution in [2.24, 2.45) is 4.99 Å². The molecule has 7 nitrogen and oxygen atoms in total. The van der Waals surface area contributed by atoms with Crippen LogP contribution < -0.4 is 16.0 Å². The zero-order valence-electron chi connectivity index (χ0n) is 15.8. The molecule has 0 aliphatic rings. The van der Waals surface area contributed by atoms with Gasteiger partial charge in [-0.05, 0) is 30.5 Å². The van der Waals surface area contributed by atoms with E-state index in [4.69, 9.17) is 9.47 Å². The fourth-order valence-electron chi connectivity index (χ4n) is 2.13.